The average Bonchev–Trinajstić information content (AvgIpc) is 3.30. The highest BCUT2D eigenvalue weighted by molar-refractivity contribution is 6.06. The summed E-state index contributed by atoms with van der Waals surface area (Å²) < 4.78 is 38.5. The first-order valence-corrected chi connectivity index (χ1v) is 28.5. The molecule has 5 N–H and O–H groups in total. The normalized spacial score (nSPS) is 18.4. The summed E-state index contributed by atoms with van der Waals surface area (Å²) in [7, 11) is 3.68. The molecule has 82 heavy (non-hydrogen) atoms. The van der Waals surface area contributed by atoms with Gasteiger partial charge in [0.05, 0.1) is 48.5 Å². The topological polar surface area (TPSA) is 236 Å². The van der Waals surface area contributed by atoms with E-state index in [1.54, 1.807) is 32.6 Å². The van der Waals surface area contributed by atoms with Crippen LogP contribution in [-0.2, 0) is 27.5 Å². The number of likely N-dealkylation sites (tertiary alicyclic amines) is 1. The molecule has 20 nitrogen and oxygen atoms in total. The van der Waals surface area contributed by atoms with Gasteiger partial charge < -0.3 is 44.9 Å². The van der Waals surface area contributed by atoms with Crippen LogP contribution in [0.3, 0.4) is 0 Å². The molecule has 2 aliphatic heterocycles. The molecule has 2 saturated heterocycles. The highest BCUT2D eigenvalue weighted by Gasteiger charge is 2.43. The van der Waals surface area contributed by atoms with Crippen LogP contribution in [0.1, 0.15) is 93.6 Å². The van der Waals surface area contributed by atoms with Crippen molar-refractivity contribution >= 4 is 39.4 Å². The summed E-state index contributed by atoms with van der Waals surface area (Å²) in [5, 5.41) is 50.1. The van der Waals surface area contributed by atoms with Crippen LogP contribution in [0.4, 0.5) is 10.2 Å². The molecule has 2 amide bonds. The molecule has 11 rings (SSSR count). The molecule has 6 atom stereocenters. The smallest absolute Gasteiger partial charge is 0.319 e. The van der Waals surface area contributed by atoms with E-state index < -0.39 is 30.1 Å². The number of hydrogen-bond donors (Lipinski definition) is 5. The molecule has 4 aromatic heterocycles. The summed E-state index contributed by atoms with van der Waals surface area (Å²) in [4.78, 5) is 42.5. The van der Waals surface area contributed by atoms with Gasteiger partial charge in [0.1, 0.15) is 48.1 Å². The van der Waals surface area contributed by atoms with Crippen molar-refractivity contribution in [3.8, 4) is 45.4 Å². The number of halogens is 1. The molecule has 4 aromatic carbocycles. The van der Waals surface area contributed by atoms with Crippen LogP contribution in [0.5, 0.6) is 11.8 Å². The quantitative estimate of drug-likeness (QED) is 0.0438. The Morgan fingerprint density at radius 3 is 2.46 bits per heavy atom. The Morgan fingerprint density at radius 1 is 0.976 bits per heavy atom. The van der Waals surface area contributed by atoms with Crippen LogP contribution in [0.2, 0.25) is 0 Å². The van der Waals surface area contributed by atoms with E-state index in [-0.39, 0.29) is 68.5 Å². The molecule has 0 unspecified atom stereocenters. The monoisotopic (exact) mass is 1120 g/mol. The van der Waals surface area contributed by atoms with Crippen molar-refractivity contribution in [2.45, 2.75) is 110 Å². The van der Waals surface area contributed by atoms with Gasteiger partial charge in [-0.15, -0.1) is 5.10 Å². The lowest BCUT2D eigenvalue weighted by molar-refractivity contribution is -0.142. The molecule has 3 aliphatic rings. The summed E-state index contributed by atoms with van der Waals surface area (Å²) >= 11 is 0. The first kappa shape index (κ1) is 56.0. The van der Waals surface area contributed by atoms with E-state index in [9.17, 15) is 19.8 Å². The van der Waals surface area contributed by atoms with Gasteiger partial charge in [-0.05, 0) is 117 Å². The Kier molecular flexibility index (Phi) is 16.4. The number of nitrogens with one attached hydrogen (secondary N) is 3. The Hall–Kier alpha value is -7.85. The maximum Gasteiger partial charge on any atom is 0.319 e. The molecular weight excluding hydrogens is 1050 g/mol. The first-order chi connectivity index (χ1) is 39.7. The number of H-pyrrole nitrogens is 1. The molecule has 6 heterocycles. The second kappa shape index (κ2) is 23.9. The van der Waals surface area contributed by atoms with Gasteiger partial charge >= 0.3 is 6.01 Å². The molecule has 430 valence electrons. The summed E-state index contributed by atoms with van der Waals surface area (Å²) in [6.45, 7) is 12.8. The molecule has 0 radical (unpaired) electrons. The standard InChI is InChI=1S/C61H72FN13O7/c1-8-74-51(20-22-65-74)42-17-15-41(16-18-42)50(31-76)66-59(78)52-23-43(77)29-73(52)60(79)56(34(2)3)75-30-49(70-71-75)40-11-9-37(10-12-40)33-81-57-54(53-36(5)47(62)25-48-46(53)27-64-69-48)44(39-13-14-39)24-45-55(57)67-61(82-32-35(4)80-7)68-58(45)72(6)28-38-19-21-63-26-38/h9-12,15-18,20,22,24-25,27,30,34-35,38-39,43,50,52,56,63,76-77H,8,13-14,19,21,23,26,28-29,31-33H2,1-7H3,(H,64,69)(H,66,78)/t35-,38-,43+,50-,52-,56-/m0/s1. The number of amides is 2. The van der Waals surface area contributed by atoms with Crippen molar-refractivity contribution in [1.82, 2.24) is 60.5 Å². The van der Waals surface area contributed by atoms with Gasteiger partial charge in [-0.25, -0.2) is 9.07 Å². The molecule has 0 spiro atoms. The van der Waals surface area contributed by atoms with Crippen molar-refractivity contribution in [3.05, 3.63) is 113 Å². The van der Waals surface area contributed by atoms with E-state index in [1.807, 2.05) is 87.0 Å². The number of hydrogen-bond acceptors (Lipinski definition) is 15. The van der Waals surface area contributed by atoms with E-state index in [0.29, 0.717) is 57.4 Å². The summed E-state index contributed by atoms with van der Waals surface area (Å²) in [5.41, 5.74) is 8.72. The van der Waals surface area contributed by atoms with Crippen LogP contribution in [0, 0.1) is 24.6 Å². The number of aromatic amines is 1. The zero-order valence-corrected chi connectivity index (χ0v) is 47.5. The van der Waals surface area contributed by atoms with Gasteiger partial charge in [-0.1, -0.05) is 67.6 Å². The minimum absolute atomic E-state index is 0.0373. The lowest BCUT2D eigenvalue weighted by Crippen LogP contribution is -2.50. The highest BCUT2D eigenvalue weighted by atomic mass is 19.1. The van der Waals surface area contributed by atoms with Gasteiger partial charge in [0.2, 0.25) is 11.8 Å². The van der Waals surface area contributed by atoms with Crippen LogP contribution in [0.15, 0.2) is 85.3 Å². The number of aliphatic hydroxyl groups excluding tert-OH is 2. The van der Waals surface area contributed by atoms with E-state index in [1.165, 1.54) is 15.6 Å². The zero-order chi connectivity index (χ0) is 57.3. The van der Waals surface area contributed by atoms with Crippen molar-refractivity contribution in [2.75, 3.05) is 58.5 Å². The third-order valence-electron chi connectivity index (χ3n) is 16.4. The Bertz CT molecular complexity index is 3570. The van der Waals surface area contributed by atoms with E-state index in [4.69, 9.17) is 24.2 Å². The number of fused-ring (bicyclic) bond motifs is 2. The van der Waals surface area contributed by atoms with Gasteiger partial charge in [0, 0.05) is 73.9 Å². The Labute approximate surface area is 475 Å². The van der Waals surface area contributed by atoms with E-state index in [0.717, 1.165) is 83.2 Å². The number of carbonyl (C=O) groups is 2. The number of ether oxygens (including phenoxy) is 3. The minimum Gasteiger partial charge on any atom is -0.486 e. The number of β-amino-alcohol motifs (C(OH)–C–C–N with tert-alkyl or cyclic N) is 1. The van der Waals surface area contributed by atoms with Crippen LogP contribution >= 0.6 is 0 Å². The lowest BCUT2D eigenvalue weighted by atomic mass is 9.88. The third kappa shape index (κ3) is 11.4. The maximum atomic E-state index is 16.1. The summed E-state index contributed by atoms with van der Waals surface area (Å²) in [5.74, 6) is 0.307. The van der Waals surface area contributed by atoms with Gasteiger partial charge in [-0.3, -0.25) is 19.4 Å². The molecular formula is C61H72FN13O7. The summed E-state index contributed by atoms with van der Waals surface area (Å²) in [6, 6.07) is 18.5. The number of benzene rings is 4. The SMILES string of the molecule is CCn1nccc1-c1ccc([C@H](CO)NC(=O)[C@@H]2C[C@@H](O)CN2C(=O)[C@H](C(C)C)n2cc(-c3ccc(COc4c(-c5c(C)c(F)cc6[nH]ncc56)c(C5CC5)cc5c(N(C)C[C@H]6CCNC6)nc(OC[C@H](C)OC)nc45)cc3)nn2)cc1. The van der Waals surface area contributed by atoms with Crippen LogP contribution in [0.25, 0.3) is 55.4 Å². The maximum absolute atomic E-state index is 16.1. The fraction of sp³-hybridized carbons (Fsp3) is 0.443. The summed E-state index contributed by atoms with van der Waals surface area (Å²) in [6.07, 6.45) is 7.06. The molecule has 1 saturated carbocycles. The Balaban J connectivity index is 0.867. The number of anilines is 1. The van der Waals surface area contributed by atoms with Crippen LogP contribution in [-0.4, -0.2) is 144 Å². The Morgan fingerprint density at radius 2 is 1.76 bits per heavy atom. The third-order valence-corrected chi connectivity index (χ3v) is 16.4. The first-order valence-electron chi connectivity index (χ1n) is 28.5. The van der Waals surface area contributed by atoms with Crippen LogP contribution < -0.4 is 25.0 Å². The molecule has 8 aromatic rings. The number of aromatic nitrogens is 9. The van der Waals surface area contributed by atoms with Gasteiger partial charge in [-0.2, -0.15) is 20.2 Å². The predicted molar refractivity (Wildman–Crippen MR) is 309 cm³/mol. The lowest BCUT2D eigenvalue weighted by Gasteiger charge is -2.30. The van der Waals surface area contributed by atoms with Crippen molar-refractivity contribution in [3.63, 3.8) is 0 Å². The molecule has 3 fully saturated rings. The number of methoxy groups -OCH3 is 1. The number of aliphatic hydroxyl groups is 2. The molecule has 1 aliphatic carbocycles. The minimum atomic E-state index is -0.987. The second-order valence-corrected chi connectivity index (χ2v) is 22.5. The fourth-order valence-corrected chi connectivity index (χ4v) is 11.6. The highest BCUT2D eigenvalue weighted by Crippen LogP contribution is 2.53. The predicted octanol–water partition coefficient (Wildman–Crippen LogP) is 7.69. The van der Waals surface area contributed by atoms with E-state index >= 15 is 4.39 Å². The number of carbonyl (C=O) groups excluding carboxylic acids is 2. The zero-order valence-electron chi connectivity index (χ0n) is 47.5. The number of rotatable bonds is 22. The van der Waals surface area contributed by atoms with E-state index in [2.05, 4.69) is 54.3 Å². The van der Waals surface area contributed by atoms with Gasteiger partial charge in [0.15, 0.2) is 5.75 Å². The second-order valence-electron chi connectivity index (χ2n) is 22.5. The van der Waals surface area contributed by atoms with Gasteiger partial charge in [0.25, 0.3) is 0 Å². The number of nitrogens with zero attached hydrogens (tertiary/aromatic N) is 10. The van der Waals surface area contributed by atoms with Crippen molar-refractivity contribution < 1.29 is 38.4 Å². The fourth-order valence-electron chi connectivity index (χ4n) is 11.6. The largest absolute Gasteiger partial charge is 0.486 e. The van der Waals surface area contributed by atoms with Crippen molar-refractivity contribution in [2.24, 2.45) is 11.8 Å². The van der Waals surface area contributed by atoms with Crippen molar-refractivity contribution in [1.29, 1.82) is 0 Å². The molecule has 21 heteroatoms. The average molecular weight is 1120 g/mol. The number of aryl methyl sites for hydroxylation is 1. The molecule has 0 bridgehead atoms.